The van der Waals surface area contributed by atoms with Crippen molar-refractivity contribution >= 4 is 28.8 Å². The predicted molar refractivity (Wildman–Crippen MR) is 114 cm³/mol. The number of carbonyl (C=O) groups excluding carboxylic acids is 1. The van der Waals surface area contributed by atoms with E-state index < -0.39 is 0 Å². The average Bonchev–Trinajstić information content (AvgIpc) is 3.14. The first-order chi connectivity index (χ1) is 13.9. The van der Waals surface area contributed by atoms with Gasteiger partial charge in [-0.3, -0.25) is 4.79 Å². The molecule has 0 atom stereocenters. The van der Waals surface area contributed by atoms with E-state index in [0.29, 0.717) is 33.5 Å². The zero-order valence-corrected chi connectivity index (χ0v) is 17.0. The van der Waals surface area contributed by atoms with Crippen LogP contribution in [0.15, 0.2) is 54.7 Å². The molecule has 0 aliphatic rings. The van der Waals surface area contributed by atoms with Crippen molar-refractivity contribution in [2.75, 3.05) is 12.4 Å². The normalized spacial score (nSPS) is 10.9. The van der Waals surface area contributed by atoms with Crippen LogP contribution in [0, 0.1) is 13.8 Å². The highest BCUT2D eigenvalue weighted by molar-refractivity contribution is 6.34. The number of nitrogens with zero attached hydrogens (tertiary/aromatic N) is 3. The minimum atomic E-state index is -0.214. The lowest BCUT2D eigenvalue weighted by Gasteiger charge is -2.10. The number of aromatic nitrogens is 3. The van der Waals surface area contributed by atoms with Crippen molar-refractivity contribution in [3.63, 3.8) is 0 Å². The second-order valence-electron chi connectivity index (χ2n) is 6.75. The highest BCUT2D eigenvalue weighted by atomic mass is 35.5. The number of imidazole rings is 1. The largest absolute Gasteiger partial charge is 0.480 e. The third kappa shape index (κ3) is 3.79. The van der Waals surface area contributed by atoms with Gasteiger partial charge in [-0.15, -0.1) is 5.10 Å². The van der Waals surface area contributed by atoms with Crippen LogP contribution in [0.4, 0.5) is 5.69 Å². The minimum absolute atomic E-state index is 0.214. The molecule has 29 heavy (non-hydrogen) atoms. The van der Waals surface area contributed by atoms with Gasteiger partial charge in [0, 0.05) is 17.2 Å². The van der Waals surface area contributed by atoms with E-state index in [9.17, 15) is 4.79 Å². The number of aryl methyl sites for hydroxylation is 2. The summed E-state index contributed by atoms with van der Waals surface area (Å²) < 4.78 is 6.80. The fraction of sp³-hybridized carbons (Fsp3) is 0.136. The van der Waals surface area contributed by atoms with E-state index in [-0.39, 0.29) is 5.91 Å². The Kier molecular flexibility index (Phi) is 4.94. The maximum atomic E-state index is 12.7. The monoisotopic (exact) mass is 406 g/mol. The molecule has 1 amide bonds. The number of hydrogen-bond donors (Lipinski definition) is 1. The average molecular weight is 407 g/mol. The maximum absolute atomic E-state index is 12.7. The Morgan fingerprint density at radius 1 is 1.07 bits per heavy atom. The number of rotatable bonds is 4. The van der Waals surface area contributed by atoms with Gasteiger partial charge in [0.2, 0.25) is 5.88 Å². The Labute approximate surface area is 173 Å². The van der Waals surface area contributed by atoms with Crippen molar-refractivity contribution < 1.29 is 9.53 Å². The second-order valence-corrected chi connectivity index (χ2v) is 7.16. The Hall–Kier alpha value is -3.38. The summed E-state index contributed by atoms with van der Waals surface area (Å²) in [5.74, 6) is 0.285. The zero-order chi connectivity index (χ0) is 20.5. The molecular formula is C22H19ClN4O2. The molecule has 0 bridgehead atoms. The Balaban J connectivity index is 1.65. The third-order valence-electron chi connectivity index (χ3n) is 4.78. The van der Waals surface area contributed by atoms with Crippen molar-refractivity contribution in [1.29, 1.82) is 0 Å². The van der Waals surface area contributed by atoms with Crippen LogP contribution < -0.4 is 10.1 Å². The van der Waals surface area contributed by atoms with Crippen LogP contribution >= 0.6 is 11.6 Å². The summed E-state index contributed by atoms with van der Waals surface area (Å²) in [6.45, 7) is 3.99. The van der Waals surface area contributed by atoms with Gasteiger partial charge < -0.3 is 10.1 Å². The van der Waals surface area contributed by atoms with Gasteiger partial charge in [-0.1, -0.05) is 23.7 Å². The lowest BCUT2D eigenvalue weighted by atomic mass is 10.1. The number of benzene rings is 2. The molecule has 0 saturated heterocycles. The number of carbonyl (C=O) groups is 1. The van der Waals surface area contributed by atoms with E-state index in [1.807, 2.05) is 38.1 Å². The Morgan fingerprint density at radius 2 is 1.90 bits per heavy atom. The summed E-state index contributed by atoms with van der Waals surface area (Å²) in [5.41, 5.74) is 5.52. The summed E-state index contributed by atoms with van der Waals surface area (Å²) in [5, 5.41) is 7.67. The van der Waals surface area contributed by atoms with Crippen LogP contribution in [0.3, 0.4) is 0 Å². The van der Waals surface area contributed by atoms with Gasteiger partial charge in [0.05, 0.1) is 29.7 Å². The number of fused-ring (bicyclic) bond motifs is 1. The van der Waals surface area contributed by atoms with Crippen LogP contribution in [0.1, 0.15) is 21.5 Å². The number of methoxy groups -OCH3 is 1. The summed E-state index contributed by atoms with van der Waals surface area (Å²) in [6, 6.07) is 14.6. The van der Waals surface area contributed by atoms with Crippen LogP contribution in [-0.2, 0) is 0 Å². The smallest absolute Gasteiger partial charge is 0.255 e. The Morgan fingerprint density at radius 3 is 2.66 bits per heavy atom. The summed E-state index contributed by atoms with van der Waals surface area (Å²) >= 11 is 6.32. The molecule has 0 spiro atoms. The lowest BCUT2D eigenvalue weighted by molar-refractivity contribution is 0.102. The molecule has 7 heteroatoms. The van der Waals surface area contributed by atoms with E-state index in [1.165, 1.54) is 0 Å². The van der Waals surface area contributed by atoms with Gasteiger partial charge in [0.15, 0.2) is 5.65 Å². The van der Waals surface area contributed by atoms with E-state index in [4.69, 9.17) is 16.3 Å². The van der Waals surface area contributed by atoms with E-state index in [2.05, 4.69) is 15.4 Å². The highest BCUT2D eigenvalue weighted by Crippen LogP contribution is 2.29. The molecule has 0 aliphatic heterocycles. The van der Waals surface area contributed by atoms with Crippen molar-refractivity contribution in [3.05, 3.63) is 76.4 Å². The van der Waals surface area contributed by atoms with Crippen molar-refractivity contribution in [2.24, 2.45) is 0 Å². The molecule has 0 aliphatic carbocycles. The minimum Gasteiger partial charge on any atom is -0.480 e. The standard InChI is InChI=1S/C22H19ClN4O2/c1-13-4-5-16(10-14(13)2)22(28)25-18-11-15(6-7-17(18)23)19-12-27-20(24-19)8-9-21(26-27)29-3/h4-12H,1-3H3,(H,25,28). The van der Waals surface area contributed by atoms with Gasteiger partial charge in [0.25, 0.3) is 5.91 Å². The van der Waals surface area contributed by atoms with Gasteiger partial charge in [-0.2, -0.15) is 0 Å². The van der Waals surface area contributed by atoms with Crippen molar-refractivity contribution in [2.45, 2.75) is 13.8 Å². The molecule has 2 aromatic carbocycles. The van der Waals surface area contributed by atoms with Crippen LogP contribution in [-0.4, -0.2) is 27.6 Å². The van der Waals surface area contributed by atoms with Crippen LogP contribution in [0.5, 0.6) is 5.88 Å². The van der Waals surface area contributed by atoms with Crippen molar-refractivity contribution in [3.8, 4) is 17.1 Å². The van der Waals surface area contributed by atoms with Gasteiger partial charge in [-0.25, -0.2) is 9.50 Å². The topological polar surface area (TPSA) is 68.5 Å². The fourth-order valence-electron chi connectivity index (χ4n) is 2.97. The number of hydrogen-bond acceptors (Lipinski definition) is 4. The molecule has 2 heterocycles. The predicted octanol–water partition coefficient (Wildman–Crippen LogP) is 4.93. The molecule has 4 aromatic rings. The summed E-state index contributed by atoms with van der Waals surface area (Å²) in [7, 11) is 1.57. The van der Waals surface area contributed by atoms with Crippen LogP contribution in [0.25, 0.3) is 16.9 Å². The maximum Gasteiger partial charge on any atom is 0.255 e. The molecule has 146 valence electrons. The molecule has 4 rings (SSSR count). The zero-order valence-electron chi connectivity index (χ0n) is 16.2. The molecular weight excluding hydrogens is 388 g/mol. The number of anilines is 1. The number of amides is 1. The molecule has 2 aromatic heterocycles. The highest BCUT2D eigenvalue weighted by Gasteiger charge is 2.13. The molecule has 0 radical (unpaired) electrons. The van der Waals surface area contributed by atoms with Gasteiger partial charge >= 0.3 is 0 Å². The number of nitrogens with one attached hydrogen (secondary N) is 1. The van der Waals surface area contributed by atoms with Crippen molar-refractivity contribution in [1.82, 2.24) is 14.6 Å². The van der Waals surface area contributed by atoms with Gasteiger partial charge in [0.1, 0.15) is 0 Å². The molecule has 0 fully saturated rings. The molecule has 0 unspecified atom stereocenters. The fourth-order valence-corrected chi connectivity index (χ4v) is 3.13. The van der Waals surface area contributed by atoms with E-state index in [0.717, 1.165) is 16.7 Å². The molecule has 1 N–H and O–H groups in total. The number of halogens is 1. The first-order valence-electron chi connectivity index (χ1n) is 9.03. The quantitative estimate of drug-likeness (QED) is 0.522. The SMILES string of the molecule is COc1ccc2nc(-c3ccc(Cl)c(NC(=O)c4ccc(C)c(C)c4)c3)cn2n1. The first-order valence-corrected chi connectivity index (χ1v) is 9.41. The molecule has 6 nitrogen and oxygen atoms in total. The van der Waals surface area contributed by atoms with Crippen LogP contribution in [0.2, 0.25) is 5.02 Å². The molecule has 0 saturated carbocycles. The summed E-state index contributed by atoms with van der Waals surface area (Å²) in [6.07, 6.45) is 1.80. The first kappa shape index (κ1) is 19.0. The second kappa shape index (κ2) is 7.56. The Bertz CT molecular complexity index is 1230. The van der Waals surface area contributed by atoms with Gasteiger partial charge in [-0.05, 0) is 55.3 Å². The van der Waals surface area contributed by atoms with E-state index in [1.54, 1.807) is 42.1 Å². The third-order valence-corrected chi connectivity index (χ3v) is 5.11. The number of ether oxygens (including phenoxy) is 1. The summed E-state index contributed by atoms with van der Waals surface area (Å²) in [4.78, 5) is 17.3. The lowest BCUT2D eigenvalue weighted by Crippen LogP contribution is -2.12. The van der Waals surface area contributed by atoms with E-state index >= 15 is 0 Å².